The van der Waals surface area contributed by atoms with E-state index in [0.717, 1.165) is 7.25 Å². The number of hydrogen-bond acceptors (Lipinski definition) is 0. The van der Waals surface area contributed by atoms with Crippen molar-refractivity contribution in [1.29, 1.82) is 0 Å². The summed E-state index contributed by atoms with van der Waals surface area (Å²) in [5.74, 6) is -0.721. The van der Waals surface area contributed by atoms with E-state index in [9.17, 15) is 0 Å². The molecule has 0 spiro atoms. The van der Waals surface area contributed by atoms with Gasteiger partial charge in [-0.25, -0.2) is 0 Å². The fourth-order valence-corrected chi connectivity index (χ4v) is 28.3. The van der Waals surface area contributed by atoms with Crippen molar-refractivity contribution < 1.29 is 45.7 Å². The van der Waals surface area contributed by atoms with Crippen molar-refractivity contribution in [3.8, 4) is 0 Å². The van der Waals surface area contributed by atoms with Crippen LogP contribution in [0.5, 0.6) is 0 Å². The topological polar surface area (TPSA) is 0 Å². The van der Waals surface area contributed by atoms with Gasteiger partial charge in [0.15, 0.2) is 0 Å². The molecule has 2 unspecified atom stereocenters. The molecular formula is C26H33Cl2SiZr. The van der Waals surface area contributed by atoms with Crippen LogP contribution in [0.3, 0.4) is 0 Å². The molecule has 2 atom stereocenters. The Kier molecular flexibility index (Phi) is 9.88. The Morgan fingerprint density at radius 1 is 0.700 bits per heavy atom. The first-order valence-electron chi connectivity index (χ1n) is 11.1. The van der Waals surface area contributed by atoms with Crippen LogP contribution in [0, 0.1) is 0 Å². The molecule has 0 heterocycles. The van der Waals surface area contributed by atoms with Crippen LogP contribution in [0.4, 0.5) is 0 Å². The molecule has 0 amide bonds. The summed E-state index contributed by atoms with van der Waals surface area (Å²) < 4.78 is 1.61. The summed E-state index contributed by atoms with van der Waals surface area (Å²) in [4.78, 5) is 0. The normalized spacial score (nSPS) is 18.7. The summed E-state index contributed by atoms with van der Waals surface area (Å²) in [6, 6.07) is 18.7. The van der Waals surface area contributed by atoms with Crippen LogP contribution >= 0.6 is 0 Å². The quantitative estimate of drug-likeness (QED) is 0.472. The van der Waals surface area contributed by atoms with Crippen LogP contribution < -0.4 is 24.8 Å². The van der Waals surface area contributed by atoms with Crippen molar-refractivity contribution in [1.82, 2.24) is 0 Å². The number of halogens is 2. The maximum Gasteiger partial charge on any atom is -1.00 e. The Balaban J connectivity index is 0.00000160. The van der Waals surface area contributed by atoms with Crippen LogP contribution in [0.15, 0.2) is 59.7 Å². The average molecular weight is 536 g/mol. The minimum Gasteiger partial charge on any atom is -1.00 e. The number of benzene rings is 2. The van der Waals surface area contributed by atoms with Gasteiger partial charge in [0.2, 0.25) is 0 Å². The molecule has 0 radical (unpaired) electrons. The third-order valence-electron chi connectivity index (χ3n) is 6.45. The molecule has 2 aromatic carbocycles. The van der Waals surface area contributed by atoms with Crippen molar-refractivity contribution in [2.75, 3.05) is 0 Å². The van der Waals surface area contributed by atoms with E-state index in [-0.39, 0.29) is 24.8 Å². The standard InChI is InChI=1S/2C12H13.C2H7Si.2ClH.Zr/c2*1-2-5-10-8-11-6-3-4-7-12(11)9-10;1-3-2;;;/h2*3-4,6-9H,2,5H2,1H3;3H,1-2H3;2*1H;/q;;;;;+2/p-2. The van der Waals surface area contributed by atoms with Crippen LogP contribution in [-0.2, 0) is 20.9 Å². The van der Waals surface area contributed by atoms with Crippen LogP contribution in [0.25, 0.3) is 12.2 Å². The van der Waals surface area contributed by atoms with Crippen LogP contribution in [-0.4, -0.2) is 5.92 Å². The number of rotatable bonds is 7. The maximum absolute atomic E-state index is 2.67. The molecule has 0 bridgehead atoms. The van der Waals surface area contributed by atoms with Crippen molar-refractivity contribution in [2.45, 2.75) is 59.9 Å². The summed E-state index contributed by atoms with van der Waals surface area (Å²) in [5.41, 5.74) is 9.97. The molecule has 0 aromatic heterocycles. The predicted molar refractivity (Wildman–Crippen MR) is 123 cm³/mol. The summed E-state index contributed by atoms with van der Waals surface area (Å²) in [5, 5.41) is 0. The first-order valence-corrected chi connectivity index (χ1v) is 21.1. The average Bonchev–Trinajstić information content (AvgIpc) is 3.22. The van der Waals surface area contributed by atoms with Crippen molar-refractivity contribution in [3.63, 3.8) is 0 Å². The van der Waals surface area contributed by atoms with Gasteiger partial charge < -0.3 is 24.8 Å². The molecule has 0 saturated carbocycles. The van der Waals surface area contributed by atoms with E-state index in [1.54, 1.807) is 22.3 Å². The summed E-state index contributed by atoms with van der Waals surface area (Å²) >= 11 is -1.82. The Hall–Kier alpha value is -0.400. The van der Waals surface area contributed by atoms with Crippen LogP contribution in [0.1, 0.15) is 69.0 Å². The van der Waals surface area contributed by atoms with E-state index in [1.165, 1.54) is 36.8 Å². The zero-order chi connectivity index (χ0) is 19.7. The number of hydrogen-bond donors (Lipinski definition) is 0. The first kappa shape index (κ1) is 25.9. The van der Waals surface area contributed by atoms with Crippen molar-refractivity contribution in [3.05, 3.63) is 81.9 Å². The fraction of sp³-hybridized carbons (Fsp3) is 0.385. The zero-order valence-corrected chi connectivity index (χ0v) is 23.7. The van der Waals surface area contributed by atoms with Gasteiger partial charge in [-0.1, -0.05) is 0 Å². The molecule has 4 heteroatoms. The molecule has 2 aromatic rings. The van der Waals surface area contributed by atoms with E-state index in [4.69, 9.17) is 0 Å². The minimum absolute atomic E-state index is 0. The van der Waals surface area contributed by atoms with Gasteiger partial charge in [-0.2, -0.15) is 0 Å². The summed E-state index contributed by atoms with van der Waals surface area (Å²) in [6.45, 7) is 10.0. The van der Waals surface area contributed by atoms with E-state index >= 15 is 0 Å². The molecule has 2 aliphatic rings. The summed E-state index contributed by atoms with van der Waals surface area (Å²) in [6.07, 6.45) is 10.3. The van der Waals surface area contributed by atoms with Crippen LogP contribution in [0.2, 0.25) is 13.1 Å². The second kappa shape index (κ2) is 11.5. The first-order chi connectivity index (χ1) is 13.7. The van der Waals surface area contributed by atoms with Gasteiger partial charge in [-0.3, -0.25) is 0 Å². The second-order valence-corrected chi connectivity index (χ2v) is 28.8. The van der Waals surface area contributed by atoms with Gasteiger partial charge in [-0.05, 0) is 0 Å². The molecule has 0 nitrogen and oxygen atoms in total. The molecular weight excluding hydrogens is 503 g/mol. The van der Waals surface area contributed by atoms with E-state index in [1.807, 2.05) is 0 Å². The molecule has 4 rings (SSSR count). The van der Waals surface area contributed by atoms with E-state index in [0.29, 0.717) is 0 Å². The molecule has 0 aliphatic heterocycles. The van der Waals surface area contributed by atoms with Gasteiger partial charge in [0, 0.05) is 0 Å². The van der Waals surface area contributed by atoms with Gasteiger partial charge >= 0.3 is 181 Å². The third kappa shape index (κ3) is 4.83. The Labute approximate surface area is 204 Å². The molecule has 30 heavy (non-hydrogen) atoms. The minimum atomic E-state index is -1.82. The fourth-order valence-electron chi connectivity index (χ4n) is 5.41. The molecule has 0 fully saturated rings. The molecule has 159 valence electrons. The number of allylic oxidation sites excluding steroid dienone is 2. The second-order valence-electron chi connectivity index (χ2n) is 8.72. The van der Waals surface area contributed by atoms with E-state index < -0.39 is 26.8 Å². The monoisotopic (exact) mass is 533 g/mol. The van der Waals surface area contributed by atoms with Gasteiger partial charge in [0.25, 0.3) is 0 Å². The van der Waals surface area contributed by atoms with Gasteiger partial charge in [0.1, 0.15) is 0 Å². The van der Waals surface area contributed by atoms with Crippen molar-refractivity contribution in [2.24, 2.45) is 0 Å². The largest absolute Gasteiger partial charge is 1.00 e. The number of fused-ring (bicyclic) bond motifs is 2. The Morgan fingerprint density at radius 3 is 1.47 bits per heavy atom. The van der Waals surface area contributed by atoms with Gasteiger partial charge in [0.05, 0.1) is 0 Å². The van der Waals surface area contributed by atoms with Crippen molar-refractivity contribution >= 4 is 18.1 Å². The molecule has 0 N–H and O–H groups in total. The maximum atomic E-state index is 2.67. The third-order valence-corrected chi connectivity index (χ3v) is 28.2. The molecule has 2 aliphatic carbocycles. The Bertz CT molecular complexity index is 847. The predicted octanol–water partition coefficient (Wildman–Crippen LogP) is 1.47. The van der Waals surface area contributed by atoms with Gasteiger partial charge in [-0.15, -0.1) is 0 Å². The Morgan fingerprint density at radius 2 is 1.10 bits per heavy atom. The van der Waals surface area contributed by atoms with E-state index in [2.05, 4.69) is 87.6 Å². The molecule has 0 saturated heterocycles. The smallest absolute Gasteiger partial charge is 1.00 e. The zero-order valence-electron chi connectivity index (χ0n) is 18.6. The summed E-state index contributed by atoms with van der Waals surface area (Å²) in [7, 11) is 0. The SMILES string of the molecule is CCCC1=Cc2ccccc2[CH]1[Zr+2]([CH]1C(CCC)=Cc2ccccc21)[SiH](C)C.[Cl-].[Cl-].